The highest BCUT2D eigenvalue weighted by Gasteiger charge is 2.29. The lowest BCUT2D eigenvalue weighted by molar-refractivity contribution is -0.140. The molecule has 1 aliphatic heterocycles. The standard InChI is InChI=1S/C10H19NO2/c1-3-5-9-6-4-7-11(9)10(13)8(2)12/h8-9,12H,3-7H2,1-2H3/t8-,9+/m0/s1. The number of nitrogens with zero attached hydrogens (tertiary/aromatic N) is 1. The van der Waals surface area contributed by atoms with Gasteiger partial charge in [0, 0.05) is 12.6 Å². The minimum absolute atomic E-state index is 0.101. The fourth-order valence-electron chi connectivity index (χ4n) is 2.00. The van der Waals surface area contributed by atoms with Gasteiger partial charge in [0.25, 0.3) is 5.91 Å². The number of hydrogen-bond donors (Lipinski definition) is 1. The summed E-state index contributed by atoms with van der Waals surface area (Å²) in [6.45, 7) is 4.50. The van der Waals surface area contributed by atoms with Gasteiger partial charge < -0.3 is 10.0 Å². The number of carbonyl (C=O) groups is 1. The SMILES string of the molecule is CCC[C@@H]1CCCN1C(=O)[C@H](C)O. The van der Waals surface area contributed by atoms with Crippen LogP contribution in [-0.2, 0) is 4.79 Å². The maximum Gasteiger partial charge on any atom is 0.251 e. The Morgan fingerprint density at radius 3 is 2.92 bits per heavy atom. The van der Waals surface area contributed by atoms with Crippen LogP contribution in [0.15, 0.2) is 0 Å². The van der Waals surface area contributed by atoms with Gasteiger partial charge in [0.1, 0.15) is 6.10 Å². The largest absolute Gasteiger partial charge is 0.384 e. The quantitative estimate of drug-likeness (QED) is 0.716. The van der Waals surface area contributed by atoms with E-state index >= 15 is 0 Å². The van der Waals surface area contributed by atoms with Crippen molar-refractivity contribution in [3.8, 4) is 0 Å². The topological polar surface area (TPSA) is 40.5 Å². The average molecular weight is 185 g/mol. The summed E-state index contributed by atoms with van der Waals surface area (Å²) in [7, 11) is 0. The Hall–Kier alpha value is -0.570. The second-order valence-electron chi connectivity index (χ2n) is 3.79. The number of hydrogen-bond acceptors (Lipinski definition) is 2. The number of amides is 1. The third-order valence-corrected chi connectivity index (χ3v) is 2.64. The highest BCUT2D eigenvalue weighted by Crippen LogP contribution is 2.21. The van der Waals surface area contributed by atoms with Crippen LogP contribution in [-0.4, -0.2) is 34.6 Å². The van der Waals surface area contributed by atoms with Gasteiger partial charge in [0.2, 0.25) is 0 Å². The second kappa shape index (κ2) is 4.61. The number of likely N-dealkylation sites (tertiary alicyclic amines) is 1. The summed E-state index contributed by atoms with van der Waals surface area (Å²) in [5.41, 5.74) is 0. The van der Waals surface area contributed by atoms with E-state index in [-0.39, 0.29) is 5.91 Å². The molecule has 0 radical (unpaired) electrons. The molecule has 0 unspecified atom stereocenters. The molecule has 3 nitrogen and oxygen atoms in total. The second-order valence-corrected chi connectivity index (χ2v) is 3.79. The molecule has 0 saturated carbocycles. The average Bonchev–Trinajstić information content (AvgIpc) is 2.52. The summed E-state index contributed by atoms with van der Waals surface area (Å²) in [4.78, 5) is 13.3. The molecule has 1 fully saturated rings. The van der Waals surface area contributed by atoms with Gasteiger partial charge in [-0.2, -0.15) is 0 Å². The molecule has 0 aromatic carbocycles. The zero-order valence-electron chi connectivity index (χ0n) is 8.49. The van der Waals surface area contributed by atoms with Gasteiger partial charge in [-0.05, 0) is 26.2 Å². The van der Waals surface area contributed by atoms with Crippen molar-refractivity contribution >= 4 is 5.91 Å². The van der Waals surface area contributed by atoms with Crippen molar-refractivity contribution in [3.63, 3.8) is 0 Å². The number of aliphatic hydroxyl groups is 1. The molecule has 13 heavy (non-hydrogen) atoms. The maximum atomic E-state index is 11.5. The van der Waals surface area contributed by atoms with E-state index in [0.717, 1.165) is 32.2 Å². The number of rotatable bonds is 3. The van der Waals surface area contributed by atoms with Gasteiger partial charge >= 0.3 is 0 Å². The monoisotopic (exact) mass is 185 g/mol. The molecule has 1 rings (SSSR count). The smallest absolute Gasteiger partial charge is 0.251 e. The van der Waals surface area contributed by atoms with Crippen molar-refractivity contribution in [2.24, 2.45) is 0 Å². The van der Waals surface area contributed by atoms with Crippen LogP contribution in [0.1, 0.15) is 39.5 Å². The van der Waals surface area contributed by atoms with Gasteiger partial charge in [-0.15, -0.1) is 0 Å². The Kier molecular flexibility index (Phi) is 3.72. The lowest BCUT2D eigenvalue weighted by Gasteiger charge is -2.25. The van der Waals surface area contributed by atoms with Crippen LogP contribution in [0.5, 0.6) is 0 Å². The van der Waals surface area contributed by atoms with Crippen molar-refractivity contribution < 1.29 is 9.90 Å². The minimum atomic E-state index is -0.836. The molecular weight excluding hydrogens is 166 g/mol. The summed E-state index contributed by atoms with van der Waals surface area (Å²) in [5.74, 6) is -0.101. The molecule has 1 aliphatic rings. The highest BCUT2D eigenvalue weighted by molar-refractivity contribution is 5.80. The molecule has 1 heterocycles. The molecule has 1 N–H and O–H groups in total. The number of carbonyl (C=O) groups excluding carboxylic acids is 1. The first-order chi connectivity index (χ1) is 6.16. The first-order valence-electron chi connectivity index (χ1n) is 5.15. The Labute approximate surface area is 79.7 Å². The first kappa shape index (κ1) is 10.5. The summed E-state index contributed by atoms with van der Waals surface area (Å²) in [6, 6.07) is 0.382. The van der Waals surface area contributed by atoms with Crippen LogP contribution in [0.2, 0.25) is 0 Å². The lowest BCUT2D eigenvalue weighted by Crippen LogP contribution is -2.40. The van der Waals surface area contributed by atoms with E-state index < -0.39 is 6.10 Å². The molecule has 3 heteroatoms. The Morgan fingerprint density at radius 1 is 1.69 bits per heavy atom. The van der Waals surface area contributed by atoms with Crippen molar-refractivity contribution in [1.82, 2.24) is 4.90 Å². The molecular formula is C10H19NO2. The molecule has 1 saturated heterocycles. The highest BCUT2D eigenvalue weighted by atomic mass is 16.3. The summed E-state index contributed by atoms with van der Waals surface area (Å²) in [5, 5.41) is 9.18. The van der Waals surface area contributed by atoms with Gasteiger partial charge in [0.15, 0.2) is 0 Å². The molecule has 1 amide bonds. The Balaban J connectivity index is 2.52. The third kappa shape index (κ3) is 2.44. The van der Waals surface area contributed by atoms with Crippen molar-refractivity contribution in [1.29, 1.82) is 0 Å². The molecule has 0 bridgehead atoms. The van der Waals surface area contributed by atoms with E-state index in [4.69, 9.17) is 0 Å². The van der Waals surface area contributed by atoms with Crippen LogP contribution in [0.3, 0.4) is 0 Å². The zero-order valence-corrected chi connectivity index (χ0v) is 8.49. The number of aliphatic hydroxyl groups excluding tert-OH is 1. The summed E-state index contributed by atoms with van der Waals surface area (Å²) in [6.07, 6.45) is 3.53. The molecule has 2 atom stereocenters. The van der Waals surface area contributed by atoms with Crippen LogP contribution in [0, 0.1) is 0 Å². The van der Waals surface area contributed by atoms with E-state index in [2.05, 4.69) is 6.92 Å². The maximum absolute atomic E-state index is 11.5. The van der Waals surface area contributed by atoms with Crippen LogP contribution >= 0.6 is 0 Å². The van der Waals surface area contributed by atoms with Crippen LogP contribution < -0.4 is 0 Å². The summed E-state index contributed by atoms with van der Waals surface area (Å²) < 4.78 is 0. The van der Waals surface area contributed by atoms with Gasteiger partial charge in [-0.25, -0.2) is 0 Å². The molecule has 0 aliphatic carbocycles. The van der Waals surface area contributed by atoms with E-state index in [9.17, 15) is 9.90 Å². The van der Waals surface area contributed by atoms with E-state index in [1.165, 1.54) is 0 Å². The van der Waals surface area contributed by atoms with Crippen LogP contribution in [0.4, 0.5) is 0 Å². The fourth-order valence-corrected chi connectivity index (χ4v) is 2.00. The Bertz CT molecular complexity index is 180. The predicted octanol–water partition coefficient (Wildman–Crippen LogP) is 1.16. The van der Waals surface area contributed by atoms with Crippen molar-refractivity contribution in [2.45, 2.75) is 51.7 Å². The minimum Gasteiger partial charge on any atom is -0.384 e. The lowest BCUT2D eigenvalue weighted by atomic mass is 10.1. The predicted molar refractivity (Wildman–Crippen MR) is 51.3 cm³/mol. The normalized spacial score (nSPS) is 24.8. The molecule has 0 aromatic rings. The van der Waals surface area contributed by atoms with E-state index in [0.29, 0.717) is 6.04 Å². The third-order valence-electron chi connectivity index (χ3n) is 2.64. The first-order valence-corrected chi connectivity index (χ1v) is 5.15. The van der Waals surface area contributed by atoms with E-state index in [1.807, 2.05) is 4.90 Å². The summed E-state index contributed by atoms with van der Waals surface area (Å²) >= 11 is 0. The van der Waals surface area contributed by atoms with Gasteiger partial charge in [-0.3, -0.25) is 4.79 Å². The Morgan fingerprint density at radius 2 is 2.38 bits per heavy atom. The van der Waals surface area contributed by atoms with Crippen LogP contribution in [0.25, 0.3) is 0 Å². The van der Waals surface area contributed by atoms with Gasteiger partial charge in [0.05, 0.1) is 0 Å². The van der Waals surface area contributed by atoms with Crippen molar-refractivity contribution in [3.05, 3.63) is 0 Å². The molecule has 0 aromatic heterocycles. The van der Waals surface area contributed by atoms with E-state index in [1.54, 1.807) is 6.92 Å². The fraction of sp³-hybridized carbons (Fsp3) is 0.900. The zero-order chi connectivity index (χ0) is 9.84. The molecule has 76 valence electrons. The van der Waals surface area contributed by atoms with Gasteiger partial charge in [-0.1, -0.05) is 13.3 Å². The molecule has 0 spiro atoms. The van der Waals surface area contributed by atoms with Crippen molar-refractivity contribution in [2.75, 3.05) is 6.54 Å².